The smallest absolute Gasteiger partial charge is 0.0131 e. The number of hydrogen-bond donors (Lipinski definition) is 1. The van der Waals surface area contributed by atoms with Crippen LogP contribution in [0.2, 0.25) is 0 Å². The maximum Gasteiger partial charge on any atom is 0.0131 e. The molecule has 1 heteroatoms. The Morgan fingerprint density at radius 3 is 2.53 bits per heavy atom. The molecular formula is C31H51N. The maximum atomic E-state index is 4.52. The summed E-state index contributed by atoms with van der Waals surface area (Å²) in [4.78, 5) is 0. The molecule has 0 bridgehead atoms. The monoisotopic (exact) mass is 437 g/mol. The van der Waals surface area contributed by atoms with Crippen LogP contribution in [0.5, 0.6) is 0 Å². The van der Waals surface area contributed by atoms with Gasteiger partial charge in [-0.25, -0.2) is 0 Å². The summed E-state index contributed by atoms with van der Waals surface area (Å²) >= 11 is 0. The number of hydrogen-bond acceptors (Lipinski definition) is 1. The molecule has 1 unspecified atom stereocenters. The molecule has 0 aromatic carbocycles. The van der Waals surface area contributed by atoms with Crippen LogP contribution in [0.4, 0.5) is 0 Å². The molecule has 1 nitrogen and oxygen atoms in total. The van der Waals surface area contributed by atoms with Gasteiger partial charge in [-0.1, -0.05) is 82.7 Å². The van der Waals surface area contributed by atoms with Crippen molar-refractivity contribution in [2.75, 3.05) is 13.6 Å². The minimum atomic E-state index is 0.521. The number of allylic oxidation sites excluding steroid dienone is 9. The van der Waals surface area contributed by atoms with Crippen molar-refractivity contribution in [3.8, 4) is 0 Å². The van der Waals surface area contributed by atoms with Gasteiger partial charge < -0.3 is 5.32 Å². The Hall–Kier alpha value is -1.60. The molecule has 0 spiro atoms. The quantitative estimate of drug-likeness (QED) is 0.187. The van der Waals surface area contributed by atoms with Gasteiger partial charge in [0.1, 0.15) is 0 Å². The average Bonchev–Trinajstić information content (AvgIpc) is 2.72. The van der Waals surface area contributed by atoms with Gasteiger partial charge >= 0.3 is 0 Å². The summed E-state index contributed by atoms with van der Waals surface area (Å²) in [5.74, 6) is 1.28. The Morgan fingerprint density at radius 2 is 1.91 bits per heavy atom. The second-order valence-electron chi connectivity index (χ2n) is 10.1. The number of unbranched alkanes of at least 4 members (excludes halogenated alkanes) is 2. The largest absolute Gasteiger partial charge is 0.316 e. The first-order chi connectivity index (χ1) is 15.3. The molecule has 1 rings (SSSR count). The third-order valence-electron chi connectivity index (χ3n) is 6.43. The second kappa shape index (κ2) is 16.1. The molecule has 0 fully saturated rings. The molecule has 0 heterocycles. The highest BCUT2D eigenvalue weighted by Gasteiger charge is 2.20. The molecular weight excluding hydrogens is 386 g/mol. The third-order valence-corrected chi connectivity index (χ3v) is 6.43. The first-order valence-electron chi connectivity index (χ1n) is 13.0. The van der Waals surface area contributed by atoms with Gasteiger partial charge in [0.2, 0.25) is 0 Å². The summed E-state index contributed by atoms with van der Waals surface area (Å²) < 4.78 is 0. The molecule has 1 atom stereocenters. The Morgan fingerprint density at radius 1 is 1.16 bits per heavy atom. The fourth-order valence-electron chi connectivity index (χ4n) is 4.80. The lowest BCUT2D eigenvalue weighted by atomic mass is 9.79. The van der Waals surface area contributed by atoms with Crippen molar-refractivity contribution >= 4 is 0 Å². The van der Waals surface area contributed by atoms with Crippen LogP contribution in [0.25, 0.3) is 0 Å². The van der Waals surface area contributed by atoms with Crippen molar-refractivity contribution in [2.45, 2.75) is 98.8 Å². The summed E-state index contributed by atoms with van der Waals surface area (Å²) in [5.41, 5.74) is 8.46. The van der Waals surface area contributed by atoms with Gasteiger partial charge in [-0.2, -0.15) is 0 Å². The summed E-state index contributed by atoms with van der Waals surface area (Å²) in [6.07, 6.45) is 21.4. The van der Waals surface area contributed by atoms with Gasteiger partial charge in [0, 0.05) is 6.54 Å². The van der Waals surface area contributed by atoms with E-state index in [2.05, 4.69) is 77.4 Å². The van der Waals surface area contributed by atoms with E-state index in [9.17, 15) is 0 Å². The minimum absolute atomic E-state index is 0.521. The second-order valence-corrected chi connectivity index (χ2v) is 10.1. The molecule has 180 valence electrons. The zero-order valence-corrected chi connectivity index (χ0v) is 22.2. The zero-order valence-electron chi connectivity index (χ0n) is 22.2. The lowest BCUT2D eigenvalue weighted by Crippen LogP contribution is -2.09. The molecule has 0 saturated heterocycles. The molecule has 1 N–H and O–H groups in total. The third kappa shape index (κ3) is 10.8. The summed E-state index contributed by atoms with van der Waals surface area (Å²) in [5, 5.41) is 3.15. The molecule has 0 radical (unpaired) electrons. The highest BCUT2D eigenvalue weighted by Crippen LogP contribution is 2.37. The van der Waals surface area contributed by atoms with Gasteiger partial charge in [0.15, 0.2) is 0 Å². The number of rotatable bonds is 16. The molecule has 0 saturated carbocycles. The van der Waals surface area contributed by atoms with E-state index in [1.54, 1.807) is 5.57 Å². The summed E-state index contributed by atoms with van der Waals surface area (Å²) in [7, 11) is 1.98. The maximum absolute atomic E-state index is 4.52. The molecule has 1 aliphatic rings. The van der Waals surface area contributed by atoms with Crippen LogP contribution in [0, 0.1) is 11.8 Å². The van der Waals surface area contributed by atoms with E-state index in [0.717, 1.165) is 31.7 Å². The lowest BCUT2D eigenvalue weighted by molar-refractivity contribution is 0.548. The van der Waals surface area contributed by atoms with Crippen molar-refractivity contribution in [1.82, 2.24) is 5.32 Å². The van der Waals surface area contributed by atoms with Gasteiger partial charge in [-0.3, -0.25) is 0 Å². The van der Waals surface area contributed by atoms with Crippen LogP contribution in [-0.2, 0) is 0 Å². The van der Waals surface area contributed by atoms with Crippen LogP contribution >= 0.6 is 0 Å². The number of likely N-dealkylation sites (N-methyl/N-ethyl adjacent to an activating group) is 1. The molecule has 0 aromatic heterocycles. The van der Waals surface area contributed by atoms with Crippen LogP contribution in [0.1, 0.15) is 98.8 Å². The Kier molecular flexibility index (Phi) is 14.3. The van der Waals surface area contributed by atoms with Crippen LogP contribution < -0.4 is 5.32 Å². The lowest BCUT2D eigenvalue weighted by Gasteiger charge is -2.26. The van der Waals surface area contributed by atoms with Crippen molar-refractivity contribution in [3.63, 3.8) is 0 Å². The Bertz CT molecular complexity index is 711. The summed E-state index contributed by atoms with van der Waals surface area (Å²) in [6.45, 7) is 21.4. The minimum Gasteiger partial charge on any atom is -0.316 e. The van der Waals surface area contributed by atoms with E-state index in [4.69, 9.17) is 0 Å². The Labute approximate surface area is 200 Å². The summed E-state index contributed by atoms with van der Waals surface area (Å²) in [6, 6.07) is 0. The fraction of sp³-hybridized carbons (Fsp3) is 0.613. The Balaban J connectivity index is 2.56. The molecule has 0 aliphatic heterocycles. The standard InChI is InChI=1S/C31H51N/c1-9-16-29(21-24(2)3)18-14-13-17-25(4)28(7)31-26(5)22-30(23-27(31)6)19-12-10-11-15-20-32-8/h11,15-16,23-25,32H,5,7,9-10,12-14,17-22H2,1-4,6,8H3/b15-11?,29-16+. The van der Waals surface area contributed by atoms with Gasteiger partial charge in [0.25, 0.3) is 0 Å². The van der Waals surface area contributed by atoms with E-state index in [1.165, 1.54) is 72.8 Å². The van der Waals surface area contributed by atoms with Crippen LogP contribution in [0.3, 0.4) is 0 Å². The van der Waals surface area contributed by atoms with Gasteiger partial charge in [-0.05, 0) is 106 Å². The van der Waals surface area contributed by atoms with Gasteiger partial charge in [0.05, 0.1) is 0 Å². The molecule has 0 aromatic rings. The normalized spacial score (nSPS) is 16.3. The first-order valence-corrected chi connectivity index (χ1v) is 13.0. The van der Waals surface area contributed by atoms with E-state index >= 15 is 0 Å². The van der Waals surface area contributed by atoms with Crippen molar-refractivity contribution in [1.29, 1.82) is 0 Å². The topological polar surface area (TPSA) is 12.0 Å². The van der Waals surface area contributed by atoms with Crippen molar-refractivity contribution in [3.05, 3.63) is 70.9 Å². The first kappa shape index (κ1) is 28.4. The van der Waals surface area contributed by atoms with E-state index in [-0.39, 0.29) is 0 Å². The van der Waals surface area contributed by atoms with Gasteiger partial charge in [-0.15, -0.1) is 0 Å². The van der Waals surface area contributed by atoms with E-state index < -0.39 is 0 Å². The highest BCUT2D eigenvalue weighted by molar-refractivity contribution is 5.55. The average molecular weight is 438 g/mol. The van der Waals surface area contributed by atoms with Crippen LogP contribution in [-0.4, -0.2) is 13.6 Å². The molecule has 1 aliphatic carbocycles. The van der Waals surface area contributed by atoms with E-state index in [1.807, 2.05) is 7.05 Å². The predicted molar refractivity (Wildman–Crippen MR) is 146 cm³/mol. The van der Waals surface area contributed by atoms with Crippen LogP contribution in [0.15, 0.2) is 70.9 Å². The number of nitrogens with one attached hydrogen (secondary N) is 1. The van der Waals surface area contributed by atoms with Crippen molar-refractivity contribution < 1.29 is 0 Å². The van der Waals surface area contributed by atoms with Crippen molar-refractivity contribution in [2.24, 2.45) is 11.8 Å². The van der Waals surface area contributed by atoms with E-state index in [0.29, 0.717) is 5.92 Å². The highest BCUT2D eigenvalue weighted by atomic mass is 14.8. The fourth-order valence-corrected chi connectivity index (χ4v) is 4.80. The molecule has 0 amide bonds. The zero-order chi connectivity index (χ0) is 23.9. The predicted octanol–water partition coefficient (Wildman–Crippen LogP) is 9.27. The SMILES string of the molecule is C=C1CC(CCCC=CCNC)=CC(C)=C1C(=C)C(C)CCCC/C(=C\CC)CC(C)C. The molecule has 32 heavy (non-hydrogen) atoms.